The van der Waals surface area contributed by atoms with E-state index in [1.807, 2.05) is 0 Å². The minimum atomic E-state index is -0.792. The number of carboxylic acids is 1. The number of carboxylic acid groups (broad SMARTS) is 1. The third-order valence-electron chi connectivity index (χ3n) is 1.75. The number of carbonyl (C=O) groups is 2. The minimum absolute atomic E-state index is 0.233. The molecule has 13 heavy (non-hydrogen) atoms. The zero-order valence-corrected chi connectivity index (χ0v) is 7.96. The first-order valence-corrected chi connectivity index (χ1v) is 4.26. The molecule has 0 aromatic carbocycles. The van der Waals surface area contributed by atoms with Crippen molar-refractivity contribution in [3.05, 3.63) is 0 Å². The van der Waals surface area contributed by atoms with E-state index < -0.39 is 5.97 Å². The lowest BCUT2D eigenvalue weighted by molar-refractivity contribution is -0.141. The van der Waals surface area contributed by atoms with Crippen molar-refractivity contribution in [2.75, 3.05) is 13.6 Å². The molecule has 0 saturated heterocycles. The van der Waals surface area contributed by atoms with Crippen LogP contribution in [0.1, 0.15) is 19.8 Å². The molecule has 1 atom stereocenters. The molecule has 3 N–H and O–H groups in total. The molecule has 0 saturated carbocycles. The molecule has 5 nitrogen and oxygen atoms in total. The van der Waals surface area contributed by atoms with Crippen molar-refractivity contribution in [1.29, 1.82) is 0 Å². The van der Waals surface area contributed by atoms with Gasteiger partial charge in [-0.2, -0.15) is 0 Å². The van der Waals surface area contributed by atoms with E-state index in [2.05, 4.69) is 10.6 Å². The predicted molar refractivity (Wildman–Crippen MR) is 48.5 cm³/mol. The normalized spacial score (nSPS) is 11.8. The molecule has 0 aromatic heterocycles. The molecule has 0 aliphatic heterocycles. The fourth-order valence-electron chi connectivity index (χ4n) is 0.822. The molecule has 0 rings (SSSR count). The van der Waals surface area contributed by atoms with Crippen LogP contribution in [-0.4, -0.2) is 30.7 Å². The van der Waals surface area contributed by atoms with Crippen LogP contribution < -0.4 is 10.6 Å². The fourth-order valence-corrected chi connectivity index (χ4v) is 0.822. The maximum Gasteiger partial charge on any atom is 0.314 e. The highest BCUT2D eigenvalue weighted by molar-refractivity contribution is 5.73. The summed E-state index contributed by atoms with van der Waals surface area (Å²) in [7, 11) is 1.54. The van der Waals surface area contributed by atoms with E-state index in [9.17, 15) is 9.59 Å². The number of carbonyl (C=O) groups excluding carboxylic acids is 1. The molecule has 5 heteroatoms. The minimum Gasteiger partial charge on any atom is -0.481 e. The Labute approximate surface area is 77.5 Å². The van der Waals surface area contributed by atoms with Crippen LogP contribution in [0.25, 0.3) is 0 Å². The third kappa shape index (κ3) is 5.95. The highest BCUT2D eigenvalue weighted by Crippen LogP contribution is 2.03. The molecule has 76 valence electrons. The Morgan fingerprint density at radius 1 is 1.46 bits per heavy atom. The lowest BCUT2D eigenvalue weighted by Crippen LogP contribution is -2.33. The lowest BCUT2D eigenvalue weighted by Gasteiger charge is -2.06. The quantitative estimate of drug-likeness (QED) is 0.547. The molecular formula is C8H16N2O3. The van der Waals surface area contributed by atoms with Gasteiger partial charge in [0.2, 0.25) is 0 Å². The van der Waals surface area contributed by atoms with Crippen LogP contribution in [0.3, 0.4) is 0 Å². The summed E-state index contributed by atoms with van der Waals surface area (Å²) >= 11 is 0. The van der Waals surface area contributed by atoms with Crippen LogP contribution in [0.4, 0.5) is 4.79 Å². The van der Waals surface area contributed by atoms with Crippen molar-refractivity contribution in [1.82, 2.24) is 10.6 Å². The van der Waals surface area contributed by atoms with Gasteiger partial charge >= 0.3 is 12.0 Å². The molecule has 0 fully saturated rings. The summed E-state index contributed by atoms with van der Waals surface area (Å²) in [6, 6.07) is -0.233. The van der Waals surface area contributed by atoms with Gasteiger partial charge in [-0.1, -0.05) is 6.92 Å². The summed E-state index contributed by atoms with van der Waals surface area (Å²) < 4.78 is 0. The Kier molecular flexibility index (Phi) is 5.67. The summed E-state index contributed by atoms with van der Waals surface area (Å²) in [5, 5.41) is 13.5. The Bertz CT molecular complexity index is 182. The van der Waals surface area contributed by atoms with Gasteiger partial charge in [-0.15, -0.1) is 0 Å². The van der Waals surface area contributed by atoms with E-state index in [0.29, 0.717) is 19.4 Å². The zero-order chi connectivity index (χ0) is 10.3. The van der Waals surface area contributed by atoms with Gasteiger partial charge in [-0.3, -0.25) is 4.79 Å². The second-order valence-electron chi connectivity index (χ2n) is 2.89. The molecule has 0 radical (unpaired) electrons. The molecule has 0 spiro atoms. The molecule has 1 unspecified atom stereocenters. The average molecular weight is 188 g/mol. The number of hydrogen-bond acceptors (Lipinski definition) is 2. The maximum atomic E-state index is 10.7. The summed E-state index contributed by atoms with van der Waals surface area (Å²) in [4.78, 5) is 21.0. The molecule has 0 bridgehead atoms. The van der Waals surface area contributed by atoms with Gasteiger partial charge in [-0.25, -0.2) is 4.79 Å². The molecule has 0 aromatic rings. The summed E-state index contributed by atoms with van der Waals surface area (Å²) in [5.74, 6) is -1.13. The molecule has 0 heterocycles. The number of amides is 2. The Morgan fingerprint density at radius 2 is 2.08 bits per heavy atom. The van der Waals surface area contributed by atoms with Gasteiger partial charge in [-0.05, 0) is 12.8 Å². The Balaban J connectivity index is 3.35. The third-order valence-corrected chi connectivity index (χ3v) is 1.75. The first-order chi connectivity index (χ1) is 6.07. The highest BCUT2D eigenvalue weighted by Gasteiger charge is 2.09. The average Bonchev–Trinajstić information content (AvgIpc) is 2.11. The van der Waals surface area contributed by atoms with Crippen molar-refractivity contribution in [3.8, 4) is 0 Å². The van der Waals surface area contributed by atoms with Crippen molar-refractivity contribution in [2.45, 2.75) is 19.8 Å². The molecule has 2 amide bonds. The largest absolute Gasteiger partial charge is 0.481 e. The number of urea groups is 1. The zero-order valence-electron chi connectivity index (χ0n) is 7.96. The first-order valence-electron chi connectivity index (χ1n) is 4.26. The van der Waals surface area contributed by atoms with Crippen LogP contribution in [0.15, 0.2) is 0 Å². The molecule has 0 aliphatic rings. The van der Waals surface area contributed by atoms with Crippen LogP contribution in [0.5, 0.6) is 0 Å². The SMILES string of the molecule is CNC(=O)NCCCC(C)C(=O)O. The van der Waals surface area contributed by atoms with Crippen molar-refractivity contribution >= 4 is 12.0 Å². The van der Waals surface area contributed by atoms with Gasteiger partial charge in [0.05, 0.1) is 5.92 Å². The Morgan fingerprint density at radius 3 is 2.54 bits per heavy atom. The number of rotatable bonds is 5. The number of nitrogens with one attached hydrogen (secondary N) is 2. The van der Waals surface area contributed by atoms with Gasteiger partial charge < -0.3 is 15.7 Å². The predicted octanol–water partition coefficient (Wildman–Crippen LogP) is 0.416. The summed E-state index contributed by atoms with van der Waals surface area (Å²) in [6.45, 7) is 2.17. The smallest absolute Gasteiger partial charge is 0.314 e. The van der Waals surface area contributed by atoms with E-state index in [-0.39, 0.29) is 11.9 Å². The monoisotopic (exact) mass is 188 g/mol. The van der Waals surface area contributed by atoms with E-state index in [1.54, 1.807) is 6.92 Å². The van der Waals surface area contributed by atoms with Crippen LogP contribution in [-0.2, 0) is 4.79 Å². The van der Waals surface area contributed by atoms with Crippen LogP contribution >= 0.6 is 0 Å². The van der Waals surface area contributed by atoms with Gasteiger partial charge in [0, 0.05) is 13.6 Å². The maximum absolute atomic E-state index is 10.7. The second-order valence-corrected chi connectivity index (χ2v) is 2.89. The van der Waals surface area contributed by atoms with E-state index in [4.69, 9.17) is 5.11 Å². The van der Waals surface area contributed by atoms with Crippen molar-refractivity contribution in [2.24, 2.45) is 5.92 Å². The van der Waals surface area contributed by atoms with E-state index >= 15 is 0 Å². The lowest BCUT2D eigenvalue weighted by atomic mass is 10.1. The summed E-state index contributed by atoms with van der Waals surface area (Å²) in [6.07, 6.45) is 1.26. The fraction of sp³-hybridized carbons (Fsp3) is 0.750. The number of hydrogen-bond donors (Lipinski definition) is 3. The van der Waals surface area contributed by atoms with Gasteiger partial charge in [0.15, 0.2) is 0 Å². The highest BCUT2D eigenvalue weighted by atomic mass is 16.4. The van der Waals surface area contributed by atoms with E-state index in [0.717, 1.165) is 0 Å². The number of aliphatic carboxylic acids is 1. The Hall–Kier alpha value is -1.26. The standard InChI is InChI=1S/C8H16N2O3/c1-6(7(11)12)4-3-5-10-8(13)9-2/h6H,3-5H2,1-2H3,(H,11,12)(H2,9,10,13). The van der Waals surface area contributed by atoms with Gasteiger partial charge in [0.25, 0.3) is 0 Å². The second kappa shape index (κ2) is 6.28. The molecule has 0 aliphatic carbocycles. The summed E-state index contributed by atoms with van der Waals surface area (Å²) in [5.41, 5.74) is 0. The van der Waals surface area contributed by atoms with E-state index in [1.165, 1.54) is 7.05 Å². The van der Waals surface area contributed by atoms with Crippen LogP contribution in [0, 0.1) is 5.92 Å². The van der Waals surface area contributed by atoms with Crippen LogP contribution in [0.2, 0.25) is 0 Å². The first kappa shape index (κ1) is 11.7. The van der Waals surface area contributed by atoms with Gasteiger partial charge in [0.1, 0.15) is 0 Å². The van der Waals surface area contributed by atoms with Crippen molar-refractivity contribution < 1.29 is 14.7 Å². The topological polar surface area (TPSA) is 78.4 Å². The molecular weight excluding hydrogens is 172 g/mol. The van der Waals surface area contributed by atoms with Crippen molar-refractivity contribution in [3.63, 3.8) is 0 Å².